The van der Waals surface area contributed by atoms with Crippen molar-refractivity contribution < 1.29 is 15.1 Å². The maximum atomic E-state index is 10.9. The summed E-state index contributed by atoms with van der Waals surface area (Å²) in [6.07, 6.45) is 0. The fourth-order valence-corrected chi connectivity index (χ4v) is 2.02. The zero-order valence-electron chi connectivity index (χ0n) is 10.2. The van der Waals surface area contributed by atoms with Gasteiger partial charge >= 0.3 is 5.69 Å². The number of aromatic hydroxyl groups is 1. The van der Waals surface area contributed by atoms with Crippen molar-refractivity contribution in [3.63, 3.8) is 0 Å². The number of benzene rings is 2. The molecule has 20 heavy (non-hydrogen) atoms. The molecule has 0 fully saturated rings. The Hall–Kier alpha value is -2.53. The van der Waals surface area contributed by atoms with Gasteiger partial charge in [0.25, 0.3) is 0 Å². The van der Waals surface area contributed by atoms with Crippen LogP contribution in [0.4, 0.5) is 5.69 Å². The number of nitro benzene ring substituents is 1. The summed E-state index contributed by atoms with van der Waals surface area (Å²) in [4.78, 5) is 10.2. The van der Waals surface area contributed by atoms with E-state index in [1.165, 1.54) is 6.07 Å². The molecule has 0 aliphatic rings. The molecule has 0 spiro atoms. The zero-order chi connectivity index (χ0) is 14.9. The fourth-order valence-electron chi connectivity index (χ4n) is 1.81. The average molecular weight is 292 g/mol. The highest BCUT2D eigenvalue weighted by atomic mass is 35.5. The van der Waals surface area contributed by atoms with Gasteiger partial charge in [0.15, 0.2) is 0 Å². The third-order valence-corrected chi connectivity index (χ3v) is 2.98. The number of nitro groups is 1. The third-order valence-electron chi connectivity index (χ3n) is 2.76. The van der Waals surface area contributed by atoms with Gasteiger partial charge in [0.2, 0.25) is 5.75 Å². The van der Waals surface area contributed by atoms with E-state index in [0.717, 1.165) is 6.07 Å². The summed E-state index contributed by atoms with van der Waals surface area (Å²) >= 11 is 5.84. The first-order chi connectivity index (χ1) is 9.40. The summed E-state index contributed by atoms with van der Waals surface area (Å²) in [6.45, 7) is 3.40. The maximum Gasteiger partial charge on any atom is 0.312 e. The smallest absolute Gasteiger partial charge is 0.312 e. The van der Waals surface area contributed by atoms with Crippen LogP contribution in [-0.2, 0) is 0 Å². The highest BCUT2D eigenvalue weighted by Gasteiger charge is 2.19. The van der Waals surface area contributed by atoms with Crippen molar-refractivity contribution in [2.45, 2.75) is 0 Å². The Labute approximate surface area is 119 Å². The molecule has 2 N–H and O–H groups in total. The lowest BCUT2D eigenvalue weighted by molar-refractivity contribution is -0.385. The Balaban J connectivity index is 2.66. The first-order valence-electron chi connectivity index (χ1n) is 5.55. The quantitative estimate of drug-likeness (QED) is 0.505. The summed E-state index contributed by atoms with van der Waals surface area (Å²) in [5, 5.41) is 30.4. The minimum absolute atomic E-state index is 0.136. The molecule has 0 aromatic heterocycles. The van der Waals surface area contributed by atoms with Gasteiger partial charge in [0.05, 0.1) is 4.92 Å². The summed E-state index contributed by atoms with van der Waals surface area (Å²) < 4.78 is 0. The lowest BCUT2D eigenvalue weighted by atomic mass is 10.0. The van der Waals surface area contributed by atoms with E-state index in [1.807, 2.05) is 0 Å². The molecule has 0 heterocycles. The maximum absolute atomic E-state index is 10.9. The van der Waals surface area contributed by atoms with Crippen LogP contribution >= 0.6 is 11.6 Å². The normalized spacial score (nSPS) is 10.2. The van der Waals surface area contributed by atoms with E-state index >= 15 is 0 Å². The number of hydrogen-bond acceptors (Lipinski definition) is 4. The van der Waals surface area contributed by atoms with E-state index in [0.29, 0.717) is 11.1 Å². The molecule has 0 amide bonds. The average Bonchev–Trinajstić information content (AvgIpc) is 2.40. The van der Waals surface area contributed by atoms with Gasteiger partial charge < -0.3 is 10.2 Å². The number of halogens is 1. The van der Waals surface area contributed by atoms with Crippen LogP contribution in [-0.4, -0.2) is 15.1 Å². The van der Waals surface area contributed by atoms with Crippen LogP contribution in [0.2, 0.25) is 5.02 Å². The first kappa shape index (κ1) is 13.9. The molecule has 2 rings (SSSR count). The predicted octanol–water partition coefficient (Wildman–Crippen LogP) is 4.15. The minimum Gasteiger partial charge on any atom is -0.508 e. The molecule has 2 aromatic carbocycles. The molecule has 0 saturated carbocycles. The molecule has 0 saturated heterocycles. The molecule has 0 radical (unpaired) electrons. The van der Waals surface area contributed by atoms with Crippen LogP contribution in [0.15, 0.2) is 43.0 Å². The number of phenols is 1. The first-order valence-corrected chi connectivity index (χ1v) is 5.93. The molecular weight excluding hydrogens is 282 g/mol. The zero-order valence-corrected chi connectivity index (χ0v) is 11.0. The summed E-state index contributed by atoms with van der Waals surface area (Å²) in [5.74, 6) is -0.608. The van der Waals surface area contributed by atoms with E-state index in [2.05, 4.69) is 6.58 Å². The minimum atomic E-state index is -0.709. The standard InChI is InChI=1S/C14H10ClNO4/c1-8(17)9-3-2-4-10(5-9)12-6-11(15)7-13(14(12)18)16(19)20/h2-7,17-18H,1H2. The number of aliphatic hydroxyl groups excluding tert-OH is 1. The van der Waals surface area contributed by atoms with Gasteiger partial charge in [-0.25, -0.2) is 0 Å². The molecule has 0 aliphatic heterocycles. The van der Waals surface area contributed by atoms with E-state index in [1.54, 1.807) is 24.3 Å². The fraction of sp³-hybridized carbons (Fsp3) is 0. The topological polar surface area (TPSA) is 83.6 Å². The Bertz CT molecular complexity index is 712. The van der Waals surface area contributed by atoms with Gasteiger partial charge in [0.1, 0.15) is 5.76 Å². The van der Waals surface area contributed by atoms with Crippen molar-refractivity contribution in [3.05, 3.63) is 63.7 Å². The van der Waals surface area contributed by atoms with Crippen molar-refractivity contribution in [2.75, 3.05) is 0 Å². The lowest BCUT2D eigenvalue weighted by Crippen LogP contribution is -1.91. The SMILES string of the molecule is C=C(O)c1cccc(-c2cc(Cl)cc([N+](=O)[O-])c2O)c1. The van der Waals surface area contributed by atoms with Crippen LogP contribution in [0.25, 0.3) is 16.9 Å². The second kappa shape index (κ2) is 5.22. The Kier molecular flexibility index (Phi) is 3.63. The van der Waals surface area contributed by atoms with Gasteiger partial charge in [-0.05, 0) is 17.7 Å². The summed E-state index contributed by atoms with van der Waals surface area (Å²) in [5.41, 5.74) is 0.679. The molecular formula is C14H10ClNO4. The molecule has 6 heteroatoms. The van der Waals surface area contributed by atoms with Crippen molar-refractivity contribution in [1.82, 2.24) is 0 Å². The molecule has 0 atom stereocenters. The van der Waals surface area contributed by atoms with E-state index in [4.69, 9.17) is 11.6 Å². The lowest BCUT2D eigenvalue weighted by Gasteiger charge is -2.08. The van der Waals surface area contributed by atoms with Gasteiger partial charge in [0, 0.05) is 22.2 Å². The number of phenolic OH excluding ortho intramolecular Hbond substituents is 1. The van der Waals surface area contributed by atoms with E-state index in [-0.39, 0.29) is 16.3 Å². The predicted molar refractivity (Wildman–Crippen MR) is 76.9 cm³/mol. The van der Waals surface area contributed by atoms with Crippen LogP contribution in [0.3, 0.4) is 0 Å². The van der Waals surface area contributed by atoms with Crippen molar-refractivity contribution in [2.24, 2.45) is 0 Å². The van der Waals surface area contributed by atoms with Gasteiger partial charge in [-0.2, -0.15) is 0 Å². The second-order valence-electron chi connectivity index (χ2n) is 4.11. The molecule has 0 unspecified atom stereocenters. The molecule has 0 aliphatic carbocycles. The van der Waals surface area contributed by atoms with Crippen LogP contribution < -0.4 is 0 Å². The largest absolute Gasteiger partial charge is 0.508 e. The molecule has 102 valence electrons. The number of nitrogens with zero attached hydrogens (tertiary/aromatic N) is 1. The molecule has 2 aromatic rings. The summed E-state index contributed by atoms with van der Waals surface area (Å²) in [7, 11) is 0. The summed E-state index contributed by atoms with van der Waals surface area (Å²) in [6, 6.07) is 8.96. The van der Waals surface area contributed by atoms with E-state index in [9.17, 15) is 20.3 Å². The molecule has 0 bridgehead atoms. The van der Waals surface area contributed by atoms with Crippen molar-refractivity contribution in [1.29, 1.82) is 0 Å². The number of aliphatic hydroxyl groups is 1. The second-order valence-corrected chi connectivity index (χ2v) is 4.54. The number of rotatable bonds is 3. The van der Waals surface area contributed by atoms with Gasteiger partial charge in [-0.3, -0.25) is 10.1 Å². The monoisotopic (exact) mass is 291 g/mol. The van der Waals surface area contributed by atoms with Crippen LogP contribution in [0, 0.1) is 10.1 Å². The molecule has 5 nitrogen and oxygen atoms in total. The van der Waals surface area contributed by atoms with Crippen molar-refractivity contribution in [3.8, 4) is 16.9 Å². The highest BCUT2D eigenvalue weighted by molar-refractivity contribution is 6.31. The Morgan fingerprint density at radius 2 is 2.00 bits per heavy atom. The van der Waals surface area contributed by atoms with Crippen molar-refractivity contribution >= 4 is 23.0 Å². The van der Waals surface area contributed by atoms with Gasteiger partial charge in [-0.15, -0.1) is 0 Å². The Morgan fingerprint density at radius 3 is 2.60 bits per heavy atom. The number of hydrogen-bond donors (Lipinski definition) is 2. The van der Waals surface area contributed by atoms with Gasteiger partial charge in [-0.1, -0.05) is 36.4 Å². The van der Waals surface area contributed by atoms with Crippen LogP contribution in [0.5, 0.6) is 5.75 Å². The third kappa shape index (κ3) is 2.57. The highest BCUT2D eigenvalue weighted by Crippen LogP contribution is 2.39. The van der Waals surface area contributed by atoms with Crippen LogP contribution in [0.1, 0.15) is 5.56 Å². The van der Waals surface area contributed by atoms with E-state index < -0.39 is 16.4 Å². The Morgan fingerprint density at radius 1 is 1.30 bits per heavy atom.